The molecule has 12 nitrogen and oxygen atoms in total. The molecule has 6 unspecified atom stereocenters. The number of aliphatic hydroxyl groups is 3. The summed E-state index contributed by atoms with van der Waals surface area (Å²) in [5.41, 5.74) is 0. The second kappa shape index (κ2) is 40.8. The van der Waals surface area contributed by atoms with E-state index in [1.54, 1.807) is 0 Å². The Kier molecular flexibility index (Phi) is 37.7. The number of aliphatic hydroxyl groups excluding tert-OH is 3. The molecule has 0 bridgehead atoms. The minimum atomic E-state index is -5.07. The molecule has 1 aliphatic heterocycles. The zero-order valence-electron chi connectivity index (χ0n) is 38.6. The Morgan fingerprint density at radius 1 is 0.619 bits per heavy atom. The molecule has 1 rings (SSSR count). The van der Waals surface area contributed by atoms with Crippen LogP contribution in [0.2, 0.25) is 0 Å². The van der Waals surface area contributed by atoms with Crippen molar-refractivity contribution in [1.29, 1.82) is 0 Å². The van der Waals surface area contributed by atoms with E-state index < -0.39 is 59.8 Å². The van der Waals surface area contributed by atoms with Crippen LogP contribution < -0.4 is 0 Å². The molecule has 0 saturated carbocycles. The van der Waals surface area contributed by atoms with Gasteiger partial charge in [-0.15, -0.1) is 0 Å². The van der Waals surface area contributed by atoms with Crippen molar-refractivity contribution >= 4 is 16.4 Å². The molecule has 1 fully saturated rings. The molecule has 0 aromatic rings. The van der Waals surface area contributed by atoms with Crippen LogP contribution in [0.15, 0.2) is 85.1 Å². The maximum Gasteiger partial charge on any atom is 0.397 e. The van der Waals surface area contributed by atoms with Gasteiger partial charge in [-0.05, 0) is 89.9 Å². The van der Waals surface area contributed by atoms with E-state index in [2.05, 4.69) is 103 Å². The number of allylic oxidation sites excluding steroid dienone is 14. The molecule has 0 radical (unpaired) electrons. The van der Waals surface area contributed by atoms with Gasteiger partial charge in [-0.3, -0.25) is 9.35 Å². The van der Waals surface area contributed by atoms with Gasteiger partial charge >= 0.3 is 16.4 Å². The maximum atomic E-state index is 12.9. The van der Waals surface area contributed by atoms with Crippen LogP contribution in [0.1, 0.15) is 162 Å². The molecule has 0 aliphatic carbocycles. The second-order valence-electron chi connectivity index (χ2n) is 16.0. The van der Waals surface area contributed by atoms with Crippen molar-refractivity contribution < 1.29 is 56.2 Å². The van der Waals surface area contributed by atoms with Crippen molar-refractivity contribution in [3.8, 4) is 0 Å². The van der Waals surface area contributed by atoms with E-state index in [9.17, 15) is 33.1 Å². The van der Waals surface area contributed by atoms with E-state index >= 15 is 0 Å². The number of carbonyl (C=O) groups excluding carboxylic acids is 1. The summed E-state index contributed by atoms with van der Waals surface area (Å²) < 4.78 is 59.1. The first-order valence-electron chi connectivity index (χ1n) is 23.8. The predicted molar refractivity (Wildman–Crippen MR) is 252 cm³/mol. The van der Waals surface area contributed by atoms with Gasteiger partial charge in [-0.1, -0.05) is 150 Å². The highest BCUT2D eigenvalue weighted by Gasteiger charge is 2.48. The molecule has 6 atom stereocenters. The summed E-state index contributed by atoms with van der Waals surface area (Å²) in [4.78, 5) is 12.9. The van der Waals surface area contributed by atoms with Crippen molar-refractivity contribution in [3.05, 3.63) is 85.1 Å². The molecule has 0 amide bonds. The van der Waals surface area contributed by atoms with Gasteiger partial charge in [-0.2, -0.15) is 8.42 Å². The first kappa shape index (κ1) is 58.3. The normalized spacial score (nSPS) is 20.6. The lowest BCUT2D eigenvalue weighted by Gasteiger charge is -2.41. The largest absolute Gasteiger partial charge is 0.457 e. The van der Waals surface area contributed by atoms with Gasteiger partial charge in [0, 0.05) is 13.0 Å². The fourth-order valence-electron chi connectivity index (χ4n) is 6.67. The summed E-state index contributed by atoms with van der Waals surface area (Å²) in [7, 11) is -5.07. The number of hydrogen-bond donors (Lipinski definition) is 4. The number of hydrogen-bond acceptors (Lipinski definition) is 11. The quantitative estimate of drug-likeness (QED) is 0.0198. The molecule has 0 aromatic carbocycles. The highest BCUT2D eigenvalue weighted by Crippen LogP contribution is 2.26. The number of rotatable bonds is 40. The van der Waals surface area contributed by atoms with E-state index in [0.29, 0.717) is 13.0 Å². The van der Waals surface area contributed by atoms with Crippen LogP contribution in [0.4, 0.5) is 0 Å². The SMILES string of the molecule is CC/C=C\C/C=C\C/C=C\C/C=C\C/C=C\CCCCOCC(COC1OC(CO)C(O)C(OS(=O)(=O)O)C1O)OC(=O)CCCCCCCCC/C=C\C/C=C\CCCCCC. The van der Waals surface area contributed by atoms with Crippen LogP contribution in [-0.2, 0) is 38.3 Å². The minimum Gasteiger partial charge on any atom is -0.457 e. The first-order chi connectivity index (χ1) is 30.6. The average Bonchev–Trinajstić information content (AvgIpc) is 3.26. The molecule has 0 spiro atoms. The Bertz CT molecular complexity index is 1420. The molecule has 4 N–H and O–H groups in total. The lowest BCUT2D eigenvalue weighted by atomic mass is 9.99. The minimum absolute atomic E-state index is 0.00175. The highest BCUT2D eigenvalue weighted by molar-refractivity contribution is 7.80. The van der Waals surface area contributed by atoms with E-state index in [1.165, 1.54) is 44.9 Å². The highest BCUT2D eigenvalue weighted by atomic mass is 32.3. The molecule has 1 saturated heterocycles. The summed E-state index contributed by atoms with van der Waals surface area (Å²) in [5, 5.41) is 30.7. The Labute approximate surface area is 381 Å². The number of unbranched alkanes of at least 4 members (excludes halogenated alkanes) is 13. The van der Waals surface area contributed by atoms with E-state index in [0.717, 1.165) is 89.9 Å². The number of ether oxygens (including phenoxy) is 4. The molecule has 1 heterocycles. The first-order valence-corrected chi connectivity index (χ1v) is 25.2. The molecule has 1 aliphatic rings. The van der Waals surface area contributed by atoms with Gasteiger partial charge in [0.2, 0.25) is 0 Å². The fourth-order valence-corrected chi connectivity index (χ4v) is 7.18. The van der Waals surface area contributed by atoms with Crippen molar-refractivity contribution in [3.63, 3.8) is 0 Å². The maximum absolute atomic E-state index is 12.9. The molecule has 362 valence electrons. The predicted octanol–water partition coefficient (Wildman–Crippen LogP) is 10.5. The van der Waals surface area contributed by atoms with Crippen LogP contribution in [0.5, 0.6) is 0 Å². The van der Waals surface area contributed by atoms with Crippen LogP contribution in [0.25, 0.3) is 0 Å². The molecular formula is C50H84O12S. The zero-order valence-corrected chi connectivity index (χ0v) is 39.4. The number of carbonyl (C=O) groups is 1. The smallest absolute Gasteiger partial charge is 0.397 e. The Hall–Kier alpha value is -2.72. The standard InChI is InChI=1S/C50H84O12S/c1-3-5-7-9-11-13-15-17-19-21-23-25-27-29-31-33-35-37-39-46(52)60-44(43-59-50-48(54)49(62-63(55,56)57)47(53)45(41-51)61-50)42-58-40-38-36-34-32-30-28-26-24-22-20-18-16-14-12-10-8-6-4-2/h6,8,12-15,18-21,24,26,30,32,44-45,47-51,53-54H,3-5,7,9-11,16-17,22-23,25,27-29,31,33-43H2,1-2H3,(H,55,56,57)/b8-6-,14-12-,15-13-,20-18-,21-19-,26-24-,32-30-. The van der Waals surface area contributed by atoms with Crippen LogP contribution >= 0.6 is 0 Å². The van der Waals surface area contributed by atoms with E-state index in [1.807, 2.05) is 0 Å². The Morgan fingerprint density at radius 2 is 1.10 bits per heavy atom. The van der Waals surface area contributed by atoms with Gasteiger partial charge in [0.15, 0.2) is 6.29 Å². The molecule has 63 heavy (non-hydrogen) atoms. The molecule has 13 heteroatoms. The van der Waals surface area contributed by atoms with Gasteiger partial charge in [-0.25, -0.2) is 4.18 Å². The van der Waals surface area contributed by atoms with Gasteiger partial charge in [0.1, 0.15) is 30.5 Å². The number of esters is 1. The topological polar surface area (TPSA) is 178 Å². The summed E-state index contributed by atoms with van der Waals surface area (Å²) in [5.74, 6) is -0.426. The Morgan fingerprint density at radius 3 is 1.60 bits per heavy atom. The van der Waals surface area contributed by atoms with E-state index in [-0.39, 0.29) is 19.6 Å². The second-order valence-corrected chi connectivity index (χ2v) is 17.0. The van der Waals surface area contributed by atoms with Crippen LogP contribution in [-0.4, -0.2) is 97.5 Å². The summed E-state index contributed by atoms with van der Waals surface area (Å²) in [6.07, 6.45) is 44.7. The Balaban J connectivity index is 2.46. The van der Waals surface area contributed by atoms with Crippen LogP contribution in [0, 0.1) is 0 Å². The summed E-state index contributed by atoms with van der Waals surface area (Å²) >= 11 is 0. The third-order valence-electron chi connectivity index (χ3n) is 10.3. The third kappa shape index (κ3) is 34.3. The lowest BCUT2D eigenvalue weighted by Crippen LogP contribution is -2.60. The summed E-state index contributed by atoms with van der Waals surface area (Å²) in [6, 6.07) is 0. The van der Waals surface area contributed by atoms with Gasteiger partial charge < -0.3 is 34.3 Å². The monoisotopic (exact) mass is 909 g/mol. The lowest BCUT2D eigenvalue weighted by molar-refractivity contribution is -0.301. The zero-order chi connectivity index (χ0) is 46.1. The average molecular weight is 909 g/mol. The summed E-state index contributed by atoms with van der Waals surface area (Å²) in [6.45, 7) is 3.73. The van der Waals surface area contributed by atoms with Crippen molar-refractivity contribution in [2.75, 3.05) is 26.4 Å². The fraction of sp³-hybridized carbons (Fsp3) is 0.700. The van der Waals surface area contributed by atoms with Gasteiger partial charge in [0.25, 0.3) is 0 Å². The van der Waals surface area contributed by atoms with Gasteiger partial charge in [0.05, 0.1) is 19.8 Å². The molecular weight excluding hydrogens is 825 g/mol. The molecule has 0 aromatic heterocycles. The van der Waals surface area contributed by atoms with Crippen molar-refractivity contribution in [2.24, 2.45) is 0 Å². The third-order valence-corrected chi connectivity index (χ3v) is 10.7. The van der Waals surface area contributed by atoms with E-state index in [4.69, 9.17) is 18.9 Å². The van der Waals surface area contributed by atoms with Crippen LogP contribution in [0.3, 0.4) is 0 Å². The van der Waals surface area contributed by atoms with Crippen molar-refractivity contribution in [1.82, 2.24) is 0 Å². The van der Waals surface area contributed by atoms with Crippen molar-refractivity contribution in [2.45, 2.75) is 198 Å².